The van der Waals surface area contributed by atoms with Gasteiger partial charge in [0.1, 0.15) is 6.54 Å². The molecule has 1 saturated heterocycles. The lowest BCUT2D eigenvalue weighted by atomic mass is 9.78. The number of benzene rings is 1. The fourth-order valence-electron chi connectivity index (χ4n) is 4.41. The van der Waals surface area contributed by atoms with Gasteiger partial charge in [0.2, 0.25) is 5.91 Å². The fourth-order valence-corrected chi connectivity index (χ4v) is 4.59. The van der Waals surface area contributed by atoms with Crippen LogP contribution in [0.25, 0.3) is 10.9 Å². The molecular weight excluding hydrogens is 338 g/mol. The van der Waals surface area contributed by atoms with Crippen LogP contribution in [0.2, 0.25) is 5.02 Å². The number of hydrogen-bond acceptors (Lipinski definition) is 3. The molecule has 0 N–H and O–H groups in total. The molecule has 25 heavy (non-hydrogen) atoms. The number of amides is 1. The molecule has 2 heterocycles. The first-order valence-electron chi connectivity index (χ1n) is 9.07. The molecule has 1 aliphatic carbocycles. The Morgan fingerprint density at radius 1 is 1.20 bits per heavy atom. The minimum absolute atomic E-state index is 0.0295. The molecular formula is C19H22ClN3O2. The number of rotatable bonds is 2. The van der Waals surface area contributed by atoms with Gasteiger partial charge >= 0.3 is 0 Å². The van der Waals surface area contributed by atoms with Crippen LogP contribution < -0.4 is 5.56 Å². The molecule has 5 nitrogen and oxygen atoms in total. The van der Waals surface area contributed by atoms with Gasteiger partial charge in [0, 0.05) is 17.6 Å². The molecule has 6 heteroatoms. The molecule has 2 fully saturated rings. The van der Waals surface area contributed by atoms with Gasteiger partial charge in [-0.2, -0.15) is 0 Å². The number of hydrogen-bond donors (Lipinski definition) is 0. The van der Waals surface area contributed by atoms with E-state index in [1.165, 1.54) is 36.6 Å². The first-order valence-corrected chi connectivity index (χ1v) is 9.45. The third kappa shape index (κ3) is 3.17. The van der Waals surface area contributed by atoms with E-state index in [2.05, 4.69) is 4.98 Å². The normalized spacial score (nSPS) is 23.5. The van der Waals surface area contributed by atoms with Crippen molar-refractivity contribution in [1.82, 2.24) is 14.5 Å². The number of piperidine rings is 1. The van der Waals surface area contributed by atoms with Crippen LogP contribution in [0.1, 0.15) is 38.5 Å². The summed E-state index contributed by atoms with van der Waals surface area (Å²) in [6.45, 7) is 0.860. The Balaban J connectivity index is 1.59. The quantitative estimate of drug-likeness (QED) is 0.827. The fraction of sp³-hybridized carbons (Fsp3) is 0.526. The van der Waals surface area contributed by atoms with Gasteiger partial charge in [-0.3, -0.25) is 14.2 Å². The van der Waals surface area contributed by atoms with E-state index in [1.54, 1.807) is 18.2 Å². The predicted molar refractivity (Wildman–Crippen MR) is 97.7 cm³/mol. The lowest BCUT2D eigenvalue weighted by Gasteiger charge is -2.44. The lowest BCUT2D eigenvalue weighted by Crippen LogP contribution is -2.51. The van der Waals surface area contributed by atoms with Crippen LogP contribution in [0, 0.1) is 5.92 Å². The molecule has 1 aromatic heterocycles. The van der Waals surface area contributed by atoms with Gasteiger partial charge in [0.05, 0.1) is 17.2 Å². The lowest BCUT2D eigenvalue weighted by molar-refractivity contribution is -0.138. The molecule has 2 aliphatic rings. The van der Waals surface area contributed by atoms with Gasteiger partial charge in [-0.25, -0.2) is 4.98 Å². The van der Waals surface area contributed by atoms with Crippen molar-refractivity contribution in [1.29, 1.82) is 0 Å². The van der Waals surface area contributed by atoms with E-state index in [1.807, 2.05) is 4.90 Å². The number of fused-ring (bicyclic) bond motifs is 2. The van der Waals surface area contributed by atoms with Crippen LogP contribution in [0.4, 0.5) is 0 Å². The van der Waals surface area contributed by atoms with E-state index in [0.29, 0.717) is 27.9 Å². The number of carbonyl (C=O) groups excluding carboxylic acids is 1. The summed E-state index contributed by atoms with van der Waals surface area (Å²) in [5.41, 5.74) is 0.390. The van der Waals surface area contributed by atoms with Crippen LogP contribution in [0.15, 0.2) is 29.3 Å². The van der Waals surface area contributed by atoms with Gasteiger partial charge in [0.25, 0.3) is 5.56 Å². The van der Waals surface area contributed by atoms with Gasteiger partial charge < -0.3 is 4.90 Å². The third-order valence-electron chi connectivity index (χ3n) is 5.66. The number of halogens is 1. The van der Waals surface area contributed by atoms with E-state index < -0.39 is 0 Å². The molecule has 4 rings (SSSR count). The topological polar surface area (TPSA) is 55.2 Å². The van der Waals surface area contributed by atoms with Gasteiger partial charge in [0.15, 0.2) is 0 Å². The number of carbonyl (C=O) groups is 1. The average Bonchev–Trinajstić information content (AvgIpc) is 2.64. The van der Waals surface area contributed by atoms with Crippen LogP contribution in [-0.2, 0) is 11.3 Å². The summed E-state index contributed by atoms with van der Waals surface area (Å²) in [4.78, 5) is 31.9. The second kappa shape index (κ2) is 6.79. The average molecular weight is 360 g/mol. The molecule has 1 aromatic carbocycles. The Bertz CT molecular complexity index is 861. The van der Waals surface area contributed by atoms with Crippen molar-refractivity contribution in [2.75, 3.05) is 6.54 Å². The van der Waals surface area contributed by atoms with Crippen LogP contribution in [0.3, 0.4) is 0 Å². The number of aromatic nitrogens is 2. The van der Waals surface area contributed by atoms with E-state index in [-0.39, 0.29) is 18.0 Å². The van der Waals surface area contributed by atoms with Crippen LogP contribution >= 0.6 is 11.6 Å². The van der Waals surface area contributed by atoms with E-state index in [9.17, 15) is 9.59 Å². The molecule has 0 radical (unpaired) electrons. The van der Waals surface area contributed by atoms with Gasteiger partial charge in [-0.15, -0.1) is 0 Å². The van der Waals surface area contributed by atoms with E-state index in [0.717, 1.165) is 19.4 Å². The smallest absolute Gasteiger partial charge is 0.261 e. The predicted octanol–water partition coefficient (Wildman–Crippen LogP) is 3.23. The van der Waals surface area contributed by atoms with Crippen molar-refractivity contribution in [2.24, 2.45) is 5.92 Å². The molecule has 0 bridgehead atoms. The first kappa shape index (κ1) is 16.6. The molecule has 2 atom stereocenters. The maximum Gasteiger partial charge on any atom is 0.261 e. The molecule has 1 amide bonds. The molecule has 2 aromatic rings. The highest BCUT2D eigenvalue weighted by molar-refractivity contribution is 6.31. The van der Waals surface area contributed by atoms with E-state index in [4.69, 9.17) is 11.6 Å². The second-order valence-electron chi connectivity index (χ2n) is 7.18. The Hall–Kier alpha value is -1.88. The van der Waals surface area contributed by atoms with Crippen molar-refractivity contribution < 1.29 is 4.79 Å². The number of likely N-dealkylation sites (tertiary alicyclic amines) is 1. The van der Waals surface area contributed by atoms with Gasteiger partial charge in [-0.1, -0.05) is 24.4 Å². The van der Waals surface area contributed by atoms with Crippen molar-refractivity contribution >= 4 is 28.4 Å². The highest BCUT2D eigenvalue weighted by Crippen LogP contribution is 2.35. The Morgan fingerprint density at radius 3 is 2.88 bits per heavy atom. The standard InChI is InChI=1S/C19H22ClN3O2/c20-14-7-8-16-15(10-14)19(25)22(12-21-16)11-18(24)23-9-3-5-13-4-1-2-6-17(13)23/h7-8,10,12-13,17H,1-6,9,11H2. The summed E-state index contributed by atoms with van der Waals surface area (Å²) in [5, 5.41) is 0.952. The van der Waals surface area contributed by atoms with Crippen molar-refractivity contribution in [3.63, 3.8) is 0 Å². The molecule has 0 spiro atoms. The maximum absolute atomic E-state index is 12.9. The minimum atomic E-state index is -0.210. The summed E-state index contributed by atoms with van der Waals surface area (Å²) < 4.78 is 1.41. The zero-order valence-corrected chi connectivity index (χ0v) is 14.9. The Labute approximate surface area is 151 Å². The summed E-state index contributed by atoms with van der Waals surface area (Å²) in [5.74, 6) is 0.665. The van der Waals surface area contributed by atoms with Crippen LogP contribution in [-0.4, -0.2) is 32.9 Å². The zero-order chi connectivity index (χ0) is 17.4. The molecule has 132 valence electrons. The first-order chi connectivity index (χ1) is 12.1. The van der Waals surface area contributed by atoms with Gasteiger partial charge in [-0.05, 0) is 49.8 Å². The van der Waals surface area contributed by atoms with Crippen molar-refractivity contribution in [3.05, 3.63) is 39.9 Å². The summed E-state index contributed by atoms with van der Waals surface area (Å²) in [7, 11) is 0. The number of nitrogens with zero attached hydrogens (tertiary/aromatic N) is 3. The summed E-state index contributed by atoms with van der Waals surface area (Å²) >= 11 is 6.00. The zero-order valence-electron chi connectivity index (χ0n) is 14.2. The molecule has 1 aliphatic heterocycles. The SMILES string of the molecule is O=C(Cn1cnc2ccc(Cl)cc2c1=O)N1CCCC2CCCCC21. The monoisotopic (exact) mass is 359 g/mol. The summed E-state index contributed by atoms with van der Waals surface area (Å²) in [6.07, 6.45) is 8.55. The largest absolute Gasteiger partial charge is 0.338 e. The maximum atomic E-state index is 12.9. The molecule has 2 unspecified atom stereocenters. The third-order valence-corrected chi connectivity index (χ3v) is 5.89. The highest BCUT2D eigenvalue weighted by Gasteiger charge is 2.35. The van der Waals surface area contributed by atoms with E-state index >= 15 is 0 Å². The summed E-state index contributed by atoms with van der Waals surface area (Å²) in [6, 6.07) is 5.41. The minimum Gasteiger partial charge on any atom is -0.338 e. The Kier molecular flexibility index (Phi) is 4.50. The van der Waals surface area contributed by atoms with Crippen molar-refractivity contribution in [2.45, 2.75) is 51.1 Å². The second-order valence-corrected chi connectivity index (χ2v) is 7.62. The molecule has 1 saturated carbocycles. The highest BCUT2D eigenvalue weighted by atomic mass is 35.5. The van der Waals surface area contributed by atoms with Crippen molar-refractivity contribution in [3.8, 4) is 0 Å². The Morgan fingerprint density at radius 2 is 2.00 bits per heavy atom. The van der Waals surface area contributed by atoms with Crippen LogP contribution in [0.5, 0.6) is 0 Å².